The number of methoxy groups -OCH3 is 1. The van der Waals surface area contributed by atoms with Gasteiger partial charge in [0.2, 0.25) is 5.89 Å². The molecule has 0 spiro atoms. The van der Waals surface area contributed by atoms with Gasteiger partial charge in [0.1, 0.15) is 17.3 Å². The summed E-state index contributed by atoms with van der Waals surface area (Å²) in [5, 5.41) is 13.1. The Morgan fingerprint density at radius 3 is 2.48 bits per heavy atom. The highest BCUT2D eigenvalue weighted by molar-refractivity contribution is 5.81. The minimum absolute atomic E-state index is 0.00336. The molecule has 1 aromatic heterocycles. The number of hydrogen-bond donors (Lipinski definition) is 1. The first-order chi connectivity index (χ1) is 14.1. The number of carbonyl (C=O) groups is 1. The molecule has 3 aromatic rings. The van der Waals surface area contributed by atoms with Gasteiger partial charge in [-0.05, 0) is 41.8 Å². The zero-order valence-corrected chi connectivity index (χ0v) is 16.2. The van der Waals surface area contributed by atoms with Crippen LogP contribution in [0.1, 0.15) is 35.2 Å². The molecule has 6 nitrogen and oxygen atoms in total. The van der Waals surface area contributed by atoms with Gasteiger partial charge in [0.15, 0.2) is 5.82 Å². The van der Waals surface area contributed by atoms with E-state index in [9.17, 15) is 9.18 Å². The Labute approximate surface area is 168 Å². The Morgan fingerprint density at radius 2 is 1.83 bits per heavy atom. The standard InChI is InChI=1S/C22H23FN2O4/c1-28-20-8-4-15(5-9-20)12-17(22-24-21(10-11-26)29-25-22)14-19(27)13-16-2-6-18(23)7-3-16/h2-9,17,26H,10-14H2,1H3/t17-/m1/s1. The quantitative estimate of drug-likeness (QED) is 0.564. The van der Waals surface area contributed by atoms with E-state index in [1.807, 2.05) is 24.3 Å². The van der Waals surface area contributed by atoms with Crippen LogP contribution in [0.2, 0.25) is 0 Å². The summed E-state index contributed by atoms with van der Waals surface area (Å²) in [5.74, 6) is 0.936. The van der Waals surface area contributed by atoms with Crippen molar-refractivity contribution in [3.8, 4) is 5.75 Å². The van der Waals surface area contributed by atoms with Gasteiger partial charge >= 0.3 is 0 Å². The van der Waals surface area contributed by atoms with Gasteiger partial charge in [0, 0.05) is 18.8 Å². The lowest BCUT2D eigenvalue weighted by atomic mass is 9.91. The summed E-state index contributed by atoms with van der Waals surface area (Å²) in [4.78, 5) is 17.0. The number of ketones is 1. The molecular formula is C22H23FN2O4. The number of carbonyl (C=O) groups excluding carboxylic acids is 1. The van der Waals surface area contributed by atoms with Gasteiger partial charge in [0.25, 0.3) is 0 Å². The number of halogens is 1. The van der Waals surface area contributed by atoms with Gasteiger partial charge in [-0.1, -0.05) is 29.4 Å². The molecule has 0 amide bonds. The van der Waals surface area contributed by atoms with Crippen molar-refractivity contribution in [2.75, 3.05) is 13.7 Å². The average Bonchev–Trinajstić information content (AvgIpc) is 3.19. The van der Waals surface area contributed by atoms with Gasteiger partial charge < -0.3 is 14.4 Å². The third-order valence-corrected chi connectivity index (χ3v) is 4.60. The van der Waals surface area contributed by atoms with Crippen LogP contribution < -0.4 is 4.74 Å². The molecule has 0 aliphatic heterocycles. The number of rotatable bonds is 10. The Morgan fingerprint density at radius 1 is 1.14 bits per heavy atom. The fourth-order valence-corrected chi connectivity index (χ4v) is 3.11. The number of benzene rings is 2. The molecule has 0 aliphatic carbocycles. The number of ether oxygens (including phenoxy) is 1. The van der Waals surface area contributed by atoms with Crippen LogP contribution in [0.4, 0.5) is 4.39 Å². The number of aliphatic hydroxyl groups is 1. The first kappa shape index (κ1) is 20.7. The summed E-state index contributed by atoms with van der Waals surface area (Å²) < 4.78 is 23.4. The van der Waals surface area contributed by atoms with Gasteiger partial charge in [-0.2, -0.15) is 4.98 Å². The molecule has 29 heavy (non-hydrogen) atoms. The Hall–Kier alpha value is -3.06. The Balaban J connectivity index is 1.75. The van der Waals surface area contributed by atoms with Gasteiger partial charge in [0.05, 0.1) is 20.1 Å². The Bertz CT molecular complexity index is 923. The van der Waals surface area contributed by atoms with Crippen LogP contribution in [0, 0.1) is 5.82 Å². The number of hydrogen-bond acceptors (Lipinski definition) is 6. The molecule has 2 aromatic carbocycles. The minimum atomic E-state index is -0.332. The number of Topliss-reactive ketones (excluding diaryl/α,β-unsaturated/α-hetero) is 1. The van der Waals surface area contributed by atoms with Crippen molar-refractivity contribution < 1.29 is 23.6 Å². The average molecular weight is 398 g/mol. The van der Waals surface area contributed by atoms with Gasteiger partial charge in [-0.3, -0.25) is 4.79 Å². The predicted octanol–water partition coefficient (Wildman–Crippen LogP) is 3.28. The zero-order chi connectivity index (χ0) is 20.6. The van der Waals surface area contributed by atoms with Crippen LogP contribution >= 0.6 is 0 Å². The van der Waals surface area contributed by atoms with Gasteiger partial charge in [-0.25, -0.2) is 4.39 Å². The lowest BCUT2D eigenvalue weighted by Gasteiger charge is -2.13. The summed E-state index contributed by atoms with van der Waals surface area (Å²) in [7, 11) is 1.61. The van der Waals surface area contributed by atoms with Crippen molar-refractivity contribution in [2.45, 2.75) is 31.6 Å². The first-order valence-corrected chi connectivity index (χ1v) is 9.39. The summed E-state index contributed by atoms with van der Waals surface area (Å²) in [6, 6.07) is 13.5. The molecule has 152 valence electrons. The molecule has 0 fully saturated rings. The minimum Gasteiger partial charge on any atom is -0.497 e. The highest BCUT2D eigenvalue weighted by Crippen LogP contribution is 2.25. The van der Waals surface area contributed by atoms with E-state index in [0.29, 0.717) is 18.1 Å². The Kier molecular flexibility index (Phi) is 7.08. The van der Waals surface area contributed by atoms with Crippen molar-refractivity contribution in [1.29, 1.82) is 0 Å². The maximum Gasteiger partial charge on any atom is 0.228 e. The maximum atomic E-state index is 13.1. The number of aromatic nitrogens is 2. The molecule has 0 saturated heterocycles. The van der Waals surface area contributed by atoms with E-state index in [-0.39, 0.29) is 43.4 Å². The number of nitrogens with zero attached hydrogens (tertiary/aromatic N) is 2. The smallest absolute Gasteiger partial charge is 0.228 e. The van der Waals surface area contributed by atoms with Crippen LogP contribution in [0.5, 0.6) is 5.75 Å². The fourth-order valence-electron chi connectivity index (χ4n) is 3.11. The molecule has 3 rings (SSSR count). The SMILES string of the molecule is COc1ccc(C[C@H](CC(=O)Cc2ccc(F)cc2)c2noc(CCO)n2)cc1. The van der Waals surface area contributed by atoms with Crippen molar-refractivity contribution in [3.63, 3.8) is 0 Å². The molecule has 1 atom stereocenters. The maximum absolute atomic E-state index is 13.1. The van der Waals surface area contributed by atoms with E-state index in [2.05, 4.69) is 10.1 Å². The second-order valence-corrected chi connectivity index (χ2v) is 6.82. The van der Waals surface area contributed by atoms with E-state index >= 15 is 0 Å². The third-order valence-electron chi connectivity index (χ3n) is 4.60. The van der Waals surface area contributed by atoms with Gasteiger partial charge in [-0.15, -0.1) is 0 Å². The lowest BCUT2D eigenvalue weighted by molar-refractivity contribution is -0.118. The van der Waals surface area contributed by atoms with E-state index in [1.54, 1.807) is 19.2 Å². The van der Waals surface area contributed by atoms with Crippen LogP contribution in [-0.2, 0) is 24.1 Å². The zero-order valence-electron chi connectivity index (χ0n) is 16.2. The fraction of sp³-hybridized carbons (Fsp3) is 0.318. The van der Waals surface area contributed by atoms with Crippen molar-refractivity contribution >= 4 is 5.78 Å². The highest BCUT2D eigenvalue weighted by atomic mass is 19.1. The van der Waals surface area contributed by atoms with E-state index in [0.717, 1.165) is 16.9 Å². The molecule has 1 heterocycles. The summed E-state index contributed by atoms with van der Waals surface area (Å²) >= 11 is 0. The topological polar surface area (TPSA) is 85.5 Å². The molecule has 1 N–H and O–H groups in total. The molecule has 0 bridgehead atoms. The summed E-state index contributed by atoms with van der Waals surface area (Å²) in [6.07, 6.45) is 1.26. The molecule has 7 heteroatoms. The molecule has 0 unspecified atom stereocenters. The van der Waals surface area contributed by atoms with E-state index < -0.39 is 0 Å². The van der Waals surface area contributed by atoms with Crippen LogP contribution in [-0.4, -0.2) is 34.7 Å². The largest absolute Gasteiger partial charge is 0.497 e. The molecule has 0 saturated carbocycles. The monoisotopic (exact) mass is 398 g/mol. The first-order valence-electron chi connectivity index (χ1n) is 9.39. The van der Waals surface area contributed by atoms with Crippen LogP contribution in [0.3, 0.4) is 0 Å². The summed E-state index contributed by atoms with van der Waals surface area (Å²) in [6.45, 7) is -0.0890. The van der Waals surface area contributed by atoms with Crippen LogP contribution in [0.15, 0.2) is 53.1 Å². The second-order valence-electron chi connectivity index (χ2n) is 6.82. The molecule has 0 radical (unpaired) electrons. The normalized spacial score (nSPS) is 12.0. The third kappa shape index (κ3) is 5.96. The van der Waals surface area contributed by atoms with E-state index in [4.69, 9.17) is 14.4 Å². The summed E-state index contributed by atoms with van der Waals surface area (Å²) in [5.41, 5.74) is 1.77. The highest BCUT2D eigenvalue weighted by Gasteiger charge is 2.22. The van der Waals surface area contributed by atoms with Crippen molar-refractivity contribution in [1.82, 2.24) is 10.1 Å². The van der Waals surface area contributed by atoms with Crippen molar-refractivity contribution in [2.24, 2.45) is 0 Å². The lowest BCUT2D eigenvalue weighted by Crippen LogP contribution is -2.13. The van der Waals surface area contributed by atoms with Crippen LogP contribution in [0.25, 0.3) is 0 Å². The molecular weight excluding hydrogens is 375 g/mol. The van der Waals surface area contributed by atoms with E-state index in [1.165, 1.54) is 12.1 Å². The predicted molar refractivity (Wildman–Crippen MR) is 104 cm³/mol. The number of aliphatic hydroxyl groups excluding tert-OH is 1. The van der Waals surface area contributed by atoms with Crippen molar-refractivity contribution in [3.05, 3.63) is 77.2 Å². The second kappa shape index (κ2) is 9.93. The molecule has 0 aliphatic rings.